The Morgan fingerprint density at radius 2 is 1.78 bits per heavy atom. The van der Waals surface area contributed by atoms with Gasteiger partial charge in [-0.1, -0.05) is 30.3 Å². The first-order valence-electron chi connectivity index (χ1n) is 7.66. The Hall–Kier alpha value is -2.49. The summed E-state index contributed by atoms with van der Waals surface area (Å²) in [6, 6.07) is 13.7. The predicted octanol–water partition coefficient (Wildman–Crippen LogP) is 3.26. The average molecular weight is 313 g/mol. The van der Waals surface area contributed by atoms with E-state index in [0.717, 1.165) is 28.2 Å². The van der Waals surface area contributed by atoms with E-state index in [1.807, 2.05) is 49.4 Å². The van der Waals surface area contributed by atoms with Crippen LogP contribution in [-0.2, 0) is 17.8 Å². The third kappa shape index (κ3) is 4.74. The number of ether oxygens (including phenoxy) is 2. The highest BCUT2D eigenvalue weighted by Gasteiger charge is 2.07. The highest BCUT2D eigenvalue weighted by molar-refractivity contribution is 5.76. The monoisotopic (exact) mass is 313 g/mol. The van der Waals surface area contributed by atoms with Gasteiger partial charge in [-0.2, -0.15) is 0 Å². The van der Waals surface area contributed by atoms with E-state index in [1.54, 1.807) is 14.2 Å². The van der Waals surface area contributed by atoms with E-state index in [-0.39, 0.29) is 5.91 Å². The average Bonchev–Trinajstić information content (AvgIpc) is 2.58. The maximum Gasteiger partial charge on any atom is 0.220 e. The third-order valence-corrected chi connectivity index (χ3v) is 3.76. The van der Waals surface area contributed by atoms with Crippen LogP contribution in [0.25, 0.3) is 0 Å². The molecule has 2 rings (SSSR count). The van der Waals surface area contributed by atoms with Crippen molar-refractivity contribution < 1.29 is 14.3 Å². The Labute approximate surface area is 137 Å². The highest BCUT2D eigenvalue weighted by Crippen LogP contribution is 2.19. The van der Waals surface area contributed by atoms with Crippen LogP contribution in [0.4, 0.5) is 0 Å². The Balaban J connectivity index is 1.84. The van der Waals surface area contributed by atoms with E-state index in [4.69, 9.17) is 9.47 Å². The number of para-hydroxylation sites is 1. The van der Waals surface area contributed by atoms with Crippen molar-refractivity contribution in [3.63, 3.8) is 0 Å². The molecule has 0 saturated heterocycles. The van der Waals surface area contributed by atoms with Gasteiger partial charge in [-0.3, -0.25) is 4.79 Å². The molecular weight excluding hydrogens is 290 g/mol. The maximum absolute atomic E-state index is 12.0. The standard InChI is InChI=1S/C19H23NO3/c1-14-12-15(8-10-17(14)22-2)13-20-19(21)11-9-16-6-4-5-7-18(16)23-3/h4-8,10,12H,9,11,13H2,1-3H3,(H,20,21). The molecule has 0 atom stereocenters. The Kier molecular flexibility index (Phi) is 6.03. The number of hydrogen-bond donors (Lipinski definition) is 1. The molecule has 0 aliphatic rings. The van der Waals surface area contributed by atoms with Gasteiger partial charge in [-0.25, -0.2) is 0 Å². The number of methoxy groups -OCH3 is 2. The first-order chi connectivity index (χ1) is 11.1. The lowest BCUT2D eigenvalue weighted by Gasteiger charge is -2.10. The van der Waals surface area contributed by atoms with Crippen LogP contribution in [0.5, 0.6) is 11.5 Å². The third-order valence-electron chi connectivity index (χ3n) is 3.76. The lowest BCUT2D eigenvalue weighted by Crippen LogP contribution is -2.23. The number of carbonyl (C=O) groups excluding carboxylic acids is 1. The number of benzene rings is 2. The zero-order valence-electron chi connectivity index (χ0n) is 13.9. The fourth-order valence-electron chi connectivity index (χ4n) is 2.50. The SMILES string of the molecule is COc1ccc(CNC(=O)CCc2ccccc2OC)cc1C. The molecule has 2 aromatic rings. The van der Waals surface area contributed by atoms with Crippen LogP contribution in [0.1, 0.15) is 23.1 Å². The summed E-state index contributed by atoms with van der Waals surface area (Å²) in [5.74, 6) is 1.71. The van der Waals surface area contributed by atoms with Gasteiger partial charge in [0.15, 0.2) is 0 Å². The van der Waals surface area contributed by atoms with Crippen LogP contribution in [0.3, 0.4) is 0 Å². The second-order valence-electron chi connectivity index (χ2n) is 5.39. The topological polar surface area (TPSA) is 47.6 Å². The molecule has 0 aliphatic carbocycles. The van der Waals surface area contributed by atoms with Gasteiger partial charge in [-0.05, 0) is 42.2 Å². The van der Waals surface area contributed by atoms with Crippen LogP contribution in [0.15, 0.2) is 42.5 Å². The fourth-order valence-corrected chi connectivity index (χ4v) is 2.50. The molecule has 0 radical (unpaired) electrons. The molecule has 1 amide bonds. The van der Waals surface area contributed by atoms with Crippen molar-refractivity contribution >= 4 is 5.91 Å². The minimum absolute atomic E-state index is 0.0318. The Morgan fingerprint density at radius 1 is 1.04 bits per heavy atom. The molecule has 0 heterocycles. The van der Waals surface area contributed by atoms with Crippen molar-refractivity contribution in [2.24, 2.45) is 0 Å². The Bertz CT molecular complexity index is 667. The molecule has 0 fully saturated rings. The van der Waals surface area contributed by atoms with Crippen molar-refractivity contribution in [1.82, 2.24) is 5.32 Å². The molecule has 1 N–H and O–H groups in total. The van der Waals surface area contributed by atoms with Crippen LogP contribution in [-0.4, -0.2) is 20.1 Å². The summed E-state index contributed by atoms with van der Waals surface area (Å²) in [6.07, 6.45) is 1.10. The van der Waals surface area contributed by atoms with Gasteiger partial charge in [0, 0.05) is 13.0 Å². The zero-order chi connectivity index (χ0) is 16.7. The molecule has 0 aliphatic heterocycles. The minimum atomic E-state index is 0.0318. The molecule has 23 heavy (non-hydrogen) atoms. The minimum Gasteiger partial charge on any atom is -0.496 e. The van der Waals surface area contributed by atoms with Crippen molar-refractivity contribution in [1.29, 1.82) is 0 Å². The van der Waals surface area contributed by atoms with Crippen LogP contribution in [0, 0.1) is 6.92 Å². The van der Waals surface area contributed by atoms with Gasteiger partial charge >= 0.3 is 0 Å². The summed E-state index contributed by atoms with van der Waals surface area (Å²) < 4.78 is 10.5. The quantitative estimate of drug-likeness (QED) is 0.853. The van der Waals surface area contributed by atoms with E-state index < -0.39 is 0 Å². The predicted molar refractivity (Wildman–Crippen MR) is 90.9 cm³/mol. The van der Waals surface area contributed by atoms with Gasteiger partial charge in [0.1, 0.15) is 11.5 Å². The maximum atomic E-state index is 12.0. The molecule has 0 spiro atoms. The van der Waals surface area contributed by atoms with Gasteiger partial charge in [0.25, 0.3) is 0 Å². The summed E-state index contributed by atoms with van der Waals surface area (Å²) in [5.41, 5.74) is 3.17. The van der Waals surface area contributed by atoms with E-state index in [1.165, 1.54) is 0 Å². The fraction of sp³-hybridized carbons (Fsp3) is 0.316. The number of amides is 1. The number of carbonyl (C=O) groups is 1. The molecule has 4 heteroatoms. The van der Waals surface area contributed by atoms with Crippen LogP contribution >= 0.6 is 0 Å². The second-order valence-corrected chi connectivity index (χ2v) is 5.39. The van der Waals surface area contributed by atoms with Crippen molar-refractivity contribution in [3.8, 4) is 11.5 Å². The molecule has 0 saturated carbocycles. The normalized spacial score (nSPS) is 10.2. The summed E-state index contributed by atoms with van der Waals surface area (Å²) in [7, 11) is 3.30. The second kappa shape index (κ2) is 8.22. The van der Waals surface area contributed by atoms with Gasteiger partial charge in [0.05, 0.1) is 14.2 Å². The number of rotatable bonds is 7. The van der Waals surface area contributed by atoms with Gasteiger partial charge < -0.3 is 14.8 Å². The number of hydrogen-bond acceptors (Lipinski definition) is 3. The summed E-state index contributed by atoms with van der Waals surface area (Å²) >= 11 is 0. The molecule has 0 aromatic heterocycles. The smallest absolute Gasteiger partial charge is 0.220 e. The van der Waals surface area contributed by atoms with E-state index in [9.17, 15) is 4.79 Å². The number of nitrogens with one attached hydrogen (secondary N) is 1. The van der Waals surface area contributed by atoms with E-state index in [0.29, 0.717) is 19.4 Å². The molecule has 4 nitrogen and oxygen atoms in total. The van der Waals surface area contributed by atoms with Crippen molar-refractivity contribution in [2.75, 3.05) is 14.2 Å². The summed E-state index contributed by atoms with van der Waals surface area (Å²) in [6.45, 7) is 2.52. The first-order valence-corrected chi connectivity index (χ1v) is 7.66. The van der Waals surface area contributed by atoms with Crippen LogP contribution < -0.4 is 14.8 Å². The first kappa shape index (κ1) is 16.9. The molecule has 0 unspecified atom stereocenters. The lowest BCUT2D eigenvalue weighted by atomic mass is 10.1. The molecule has 2 aromatic carbocycles. The molecular formula is C19H23NO3. The van der Waals surface area contributed by atoms with Gasteiger partial charge in [-0.15, -0.1) is 0 Å². The van der Waals surface area contributed by atoms with Crippen LogP contribution in [0.2, 0.25) is 0 Å². The molecule has 0 bridgehead atoms. The van der Waals surface area contributed by atoms with E-state index >= 15 is 0 Å². The lowest BCUT2D eigenvalue weighted by molar-refractivity contribution is -0.121. The summed E-state index contributed by atoms with van der Waals surface area (Å²) in [4.78, 5) is 12.0. The largest absolute Gasteiger partial charge is 0.496 e. The highest BCUT2D eigenvalue weighted by atomic mass is 16.5. The molecule has 122 valence electrons. The zero-order valence-corrected chi connectivity index (χ0v) is 13.9. The van der Waals surface area contributed by atoms with Crippen molar-refractivity contribution in [2.45, 2.75) is 26.3 Å². The number of aryl methyl sites for hydroxylation is 2. The van der Waals surface area contributed by atoms with E-state index in [2.05, 4.69) is 5.32 Å². The van der Waals surface area contributed by atoms with Gasteiger partial charge in [0.2, 0.25) is 5.91 Å². The Morgan fingerprint density at radius 3 is 2.48 bits per heavy atom. The van der Waals surface area contributed by atoms with Crippen molar-refractivity contribution in [3.05, 3.63) is 59.2 Å². The summed E-state index contributed by atoms with van der Waals surface area (Å²) in [5, 5.41) is 2.95.